The van der Waals surface area contributed by atoms with Crippen molar-refractivity contribution >= 4 is 11.6 Å². The van der Waals surface area contributed by atoms with Gasteiger partial charge in [0.15, 0.2) is 11.5 Å². The molecular weight excluding hydrogens is 378 g/mol. The summed E-state index contributed by atoms with van der Waals surface area (Å²) in [4.78, 5) is 13.3. The molecule has 5 heteroatoms. The number of anilines is 1. The maximum absolute atomic E-state index is 13.3. The van der Waals surface area contributed by atoms with E-state index in [2.05, 4.69) is 5.32 Å². The van der Waals surface area contributed by atoms with Crippen LogP contribution in [0.3, 0.4) is 0 Å². The van der Waals surface area contributed by atoms with Gasteiger partial charge in [0.25, 0.3) is 0 Å². The molecule has 0 bridgehead atoms. The Bertz CT molecular complexity index is 1130. The van der Waals surface area contributed by atoms with E-state index in [-0.39, 0.29) is 12.7 Å². The smallest absolute Gasteiger partial charge is 0.235 e. The van der Waals surface area contributed by atoms with E-state index in [9.17, 15) is 4.79 Å². The van der Waals surface area contributed by atoms with E-state index in [4.69, 9.17) is 14.2 Å². The van der Waals surface area contributed by atoms with Gasteiger partial charge < -0.3 is 19.5 Å². The van der Waals surface area contributed by atoms with Crippen molar-refractivity contribution in [3.05, 3.63) is 71.8 Å². The van der Waals surface area contributed by atoms with Crippen LogP contribution in [0.4, 0.5) is 5.69 Å². The summed E-state index contributed by atoms with van der Waals surface area (Å²) in [6.45, 7) is 2.25. The molecule has 3 aromatic carbocycles. The molecule has 1 amide bonds. The van der Waals surface area contributed by atoms with Gasteiger partial charge in [0.2, 0.25) is 12.7 Å². The van der Waals surface area contributed by atoms with Crippen LogP contribution in [0, 0.1) is 6.92 Å². The van der Waals surface area contributed by atoms with Gasteiger partial charge in [-0.05, 0) is 60.7 Å². The van der Waals surface area contributed by atoms with Crippen LogP contribution < -0.4 is 19.5 Å². The normalized spacial score (nSPS) is 15.5. The van der Waals surface area contributed by atoms with Crippen LogP contribution in [0.15, 0.2) is 60.7 Å². The maximum atomic E-state index is 13.3. The van der Waals surface area contributed by atoms with Gasteiger partial charge in [0.05, 0.1) is 12.5 Å². The highest BCUT2D eigenvalue weighted by atomic mass is 16.7. The molecular formula is C25H23NO4. The van der Waals surface area contributed by atoms with Crippen LogP contribution in [-0.2, 0) is 10.2 Å². The van der Waals surface area contributed by atoms with Gasteiger partial charge in [0.1, 0.15) is 5.75 Å². The molecule has 1 aliphatic carbocycles. The van der Waals surface area contributed by atoms with Crippen molar-refractivity contribution in [2.45, 2.75) is 25.2 Å². The minimum atomic E-state index is -0.506. The molecule has 1 fully saturated rings. The third kappa shape index (κ3) is 2.98. The highest BCUT2D eigenvalue weighted by Crippen LogP contribution is 2.51. The zero-order valence-corrected chi connectivity index (χ0v) is 17.0. The molecule has 5 nitrogen and oxygen atoms in total. The molecule has 1 aliphatic heterocycles. The number of benzene rings is 3. The first kappa shape index (κ1) is 18.6. The first-order chi connectivity index (χ1) is 14.6. The van der Waals surface area contributed by atoms with E-state index >= 15 is 0 Å². The molecule has 152 valence electrons. The number of ether oxygens (including phenoxy) is 3. The van der Waals surface area contributed by atoms with E-state index in [1.165, 1.54) is 0 Å². The minimum Gasteiger partial charge on any atom is -0.496 e. The summed E-state index contributed by atoms with van der Waals surface area (Å²) < 4.78 is 16.4. The molecule has 0 spiro atoms. The molecule has 1 N–H and O–H groups in total. The lowest BCUT2D eigenvalue weighted by atomic mass is 9.93. The second-order valence-corrected chi connectivity index (χ2v) is 7.78. The number of hydrogen-bond donors (Lipinski definition) is 1. The summed E-state index contributed by atoms with van der Waals surface area (Å²) in [6.07, 6.45) is 1.65. The lowest BCUT2D eigenvalue weighted by Crippen LogP contribution is -2.28. The van der Waals surface area contributed by atoms with Gasteiger partial charge in [-0.2, -0.15) is 0 Å². The number of fused-ring (bicyclic) bond motifs is 1. The fourth-order valence-electron chi connectivity index (χ4n) is 4.14. The Morgan fingerprint density at radius 3 is 2.53 bits per heavy atom. The van der Waals surface area contributed by atoms with Crippen molar-refractivity contribution in [1.82, 2.24) is 0 Å². The van der Waals surface area contributed by atoms with Crippen molar-refractivity contribution in [3.8, 4) is 28.4 Å². The largest absolute Gasteiger partial charge is 0.496 e. The van der Waals surface area contributed by atoms with Gasteiger partial charge in [-0.25, -0.2) is 0 Å². The SMILES string of the molecule is COc1ccccc1-c1cccc(NC(=O)C2(c3ccc4c(c3)OCO4)CC2)c1C. The van der Waals surface area contributed by atoms with Crippen LogP contribution in [0.5, 0.6) is 17.2 Å². The third-order valence-corrected chi connectivity index (χ3v) is 6.09. The quantitative estimate of drug-likeness (QED) is 0.649. The van der Waals surface area contributed by atoms with Gasteiger partial charge in [-0.1, -0.05) is 36.4 Å². The van der Waals surface area contributed by atoms with Crippen LogP contribution in [0.1, 0.15) is 24.0 Å². The number of rotatable bonds is 5. The standard InChI is InChI=1S/C25H23NO4/c1-16-18(19-6-3-4-9-21(19)28-2)7-5-8-20(16)26-24(27)25(12-13-25)17-10-11-22-23(14-17)30-15-29-22/h3-11,14H,12-13,15H2,1-2H3,(H,26,27). The molecule has 5 rings (SSSR count). The number of nitrogens with one attached hydrogen (secondary N) is 1. The van der Waals surface area contributed by atoms with Crippen LogP contribution in [0.25, 0.3) is 11.1 Å². The number of para-hydroxylation sites is 1. The first-order valence-electron chi connectivity index (χ1n) is 10.1. The second kappa shape index (κ2) is 7.10. The number of hydrogen-bond acceptors (Lipinski definition) is 4. The zero-order valence-electron chi connectivity index (χ0n) is 17.0. The van der Waals surface area contributed by atoms with Gasteiger partial charge >= 0.3 is 0 Å². The minimum absolute atomic E-state index is 0.0154. The molecule has 0 aromatic heterocycles. The molecule has 3 aromatic rings. The second-order valence-electron chi connectivity index (χ2n) is 7.78. The molecule has 0 saturated heterocycles. The predicted octanol–water partition coefficient (Wildman–Crippen LogP) is 5.07. The Morgan fingerprint density at radius 2 is 1.73 bits per heavy atom. The Hall–Kier alpha value is -3.47. The molecule has 0 unspecified atom stereocenters. The zero-order chi connectivity index (χ0) is 20.7. The van der Waals surface area contributed by atoms with Gasteiger partial charge in [-0.15, -0.1) is 0 Å². The van der Waals surface area contributed by atoms with Crippen molar-refractivity contribution in [2.24, 2.45) is 0 Å². The third-order valence-electron chi connectivity index (χ3n) is 6.09. The maximum Gasteiger partial charge on any atom is 0.235 e. The fraction of sp³-hybridized carbons (Fsp3) is 0.240. The van der Waals surface area contributed by atoms with E-state index < -0.39 is 5.41 Å². The van der Waals surface area contributed by atoms with Gasteiger partial charge in [0, 0.05) is 11.3 Å². The topological polar surface area (TPSA) is 56.8 Å². The van der Waals surface area contributed by atoms with E-state index in [1.54, 1.807) is 7.11 Å². The first-order valence-corrected chi connectivity index (χ1v) is 10.1. The number of methoxy groups -OCH3 is 1. The van der Waals surface area contributed by atoms with E-state index in [0.29, 0.717) is 5.75 Å². The Labute approximate surface area is 175 Å². The fourth-order valence-corrected chi connectivity index (χ4v) is 4.14. The molecule has 0 atom stereocenters. The highest BCUT2D eigenvalue weighted by Gasteiger charge is 2.51. The Kier molecular flexibility index (Phi) is 4.39. The average Bonchev–Trinajstić information content (AvgIpc) is 3.46. The Balaban J connectivity index is 1.44. The molecule has 1 saturated carbocycles. The summed E-state index contributed by atoms with van der Waals surface area (Å²) in [6, 6.07) is 19.7. The summed E-state index contributed by atoms with van der Waals surface area (Å²) in [7, 11) is 1.67. The number of carbonyl (C=O) groups is 1. The van der Waals surface area contributed by atoms with Crippen LogP contribution in [-0.4, -0.2) is 19.8 Å². The lowest BCUT2D eigenvalue weighted by Gasteiger charge is -2.19. The van der Waals surface area contributed by atoms with Crippen molar-refractivity contribution < 1.29 is 19.0 Å². The summed E-state index contributed by atoms with van der Waals surface area (Å²) >= 11 is 0. The van der Waals surface area contributed by atoms with Crippen LogP contribution in [0.2, 0.25) is 0 Å². The Morgan fingerprint density at radius 1 is 0.967 bits per heavy atom. The molecule has 1 heterocycles. The molecule has 30 heavy (non-hydrogen) atoms. The highest BCUT2D eigenvalue weighted by molar-refractivity contribution is 6.02. The van der Waals surface area contributed by atoms with E-state index in [0.717, 1.165) is 52.3 Å². The van der Waals surface area contributed by atoms with Crippen molar-refractivity contribution in [2.75, 3.05) is 19.2 Å². The van der Waals surface area contributed by atoms with Gasteiger partial charge in [-0.3, -0.25) is 4.79 Å². The monoisotopic (exact) mass is 401 g/mol. The van der Waals surface area contributed by atoms with Crippen molar-refractivity contribution in [3.63, 3.8) is 0 Å². The summed E-state index contributed by atoms with van der Waals surface area (Å²) in [5.41, 5.74) is 4.34. The van der Waals surface area contributed by atoms with E-state index in [1.807, 2.05) is 67.6 Å². The summed E-state index contributed by atoms with van der Waals surface area (Å²) in [5, 5.41) is 3.18. The average molecular weight is 401 g/mol. The molecule has 0 radical (unpaired) electrons. The lowest BCUT2D eigenvalue weighted by molar-refractivity contribution is -0.118. The van der Waals surface area contributed by atoms with Crippen LogP contribution >= 0.6 is 0 Å². The summed E-state index contributed by atoms with van der Waals surface area (Å²) in [5.74, 6) is 2.26. The number of amides is 1. The predicted molar refractivity (Wildman–Crippen MR) is 115 cm³/mol. The molecule has 2 aliphatic rings. The number of carbonyl (C=O) groups excluding carboxylic acids is 1. The van der Waals surface area contributed by atoms with Crippen molar-refractivity contribution in [1.29, 1.82) is 0 Å².